The maximum absolute atomic E-state index is 5.79. The van der Waals surface area contributed by atoms with Gasteiger partial charge in [0.1, 0.15) is 0 Å². The SMILES string of the molecule is COCCN=C(N)SCc1ccc(Cl)cc1. The highest BCUT2D eigenvalue weighted by atomic mass is 35.5. The van der Waals surface area contributed by atoms with Gasteiger partial charge in [0.25, 0.3) is 0 Å². The van der Waals surface area contributed by atoms with Crippen LogP contribution in [0.25, 0.3) is 0 Å². The molecule has 0 saturated heterocycles. The van der Waals surface area contributed by atoms with Crippen molar-refractivity contribution >= 4 is 28.5 Å². The van der Waals surface area contributed by atoms with Gasteiger partial charge in [-0.25, -0.2) is 0 Å². The fourth-order valence-electron chi connectivity index (χ4n) is 1.03. The largest absolute Gasteiger partial charge is 0.383 e. The van der Waals surface area contributed by atoms with Crippen LogP contribution in [0.15, 0.2) is 29.3 Å². The van der Waals surface area contributed by atoms with Crippen LogP contribution >= 0.6 is 23.4 Å². The van der Waals surface area contributed by atoms with Crippen molar-refractivity contribution in [3.8, 4) is 0 Å². The Labute approximate surface area is 105 Å². The molecule has 1 aromatic carbocycles. The molecular weight excluding hydrogens is 244 g/mol. The van der Waals surface area contributed by atoms with Crippen molar-refractivity contribution in [1.82, 2.24) is 0 Å². The summed E-state index contributed by atoms with van der Waals surface area (Å²) in [6.45, 7) is 1.21. The van der Waals surface area contributed by atoms with E-state index in [1.807, 2.05) is 24.3 Å². The van der Waals surface area contributed by atoms with E-state index < -0.39 is 0 Å². The van der Waals surface area contributed by atoms with Gasteiger partial charge >= 0.3 is 0 Å². The normalized spacial score (nSPS) is 11.8. The molecule has 0 aliphatic rings. The number of nitrogens with zero attached hydrogens (tertiary/aromatic N) is 1. The molecule has 1 aromatic rings. The van der Waals surface area contributed by atoms with Gasteiger partial charge in [-0.1, -0.05) is 35.5 Å². The van der Waals surface area contributed by atoms with Crippen molar-refractivity contribution in [2.45, 2.75) is 5.75 Å². The van der Waals surface area contributed by atoms with Crippen molar-refractivity contribution in [3.05, 3.63) is 34.9 Å². The van der Waals surface area contributed by atoms with Crippen molar-refractivity contribution < 1.29 is 4.74 Å². The smallest absolute Gasteiger partial charge is 0.154 e. The zero-order chi connectivity index (χ0) is 11.8. The Morgan fingerprint density at radius 2 is 2.12 bits per heavy atom. The molecule has 0 fully saturated rings. The number of thioether (sulfide) groups is 1. The van der Waals surface area contributed by atoms with Gasteiger partial charge in [0.2, 0.25) is 0 Å². The third-order valence-corrected chi connectivity index (χ3v) is 3.02. The van der Waals surface area contributed by atoms with E-state index in [9.17, 15) is 0 Å². The highest BCUT2D eigenvalue weighted by Crippen LogP contribution is 2.15. The fourth-order valence-corrected chi connectivity index (χ4v) is 1.85. The second-order valence-electron chi connectivity index (χ2n) is 3.13. The molecule has 2 N–H and O–H groups in total. The van der Waals surface area contributed by atoms with Crippen molar-refractivity contribution in [3.63, 3.8) is 0 Å². The Bertz CT molecular complexity index is 340. The highest BCUT2D eigenvalue weighted by molar-refractivity contribution is 8.13. The minimum absolute atomic E-state index is 0.590. The van der Waals surface area contributed by atoms with E-state index in [-0.39, 0.29) is 0 Å². The molecule has 0 saturated carbocycles. The zero-order valence-electron chi connectivity index (χ0n) is 9.15. The Kier molecular flexibility index (Phi) is 6.30. The van der Waals surface area contributed by atoms with Crippen LogP contribution in [0.5, 0.6) is 0 Å². The van der Waals surface area contributed by atoms with Crippen LogP contribution in [-0.2, 0) is 10.5 Å². The number of ether oxygens (including phenoxy) is 1. The van der Waals surface area contributed by atoms with Gasteiger partial charge in [-0.2, -0.15) is 0 Å². The van der Waals surface area contributed by atoms with E-state index in [2.05, 4.69) is 4.99 Å². The molecule has 0 bridgehead atoms. The second-order valence-corrected chi connectivity index (χ2v) is 4.56. The average Bonchev–Trinajstić information content (AvgIpc) is 2.29. The molecule has 5 heteroatoms. The standard InChI is InChI=1S/C11H15ClN2OS/c1-15-7-6-14-11(13)16-8-9-2-4-10(12)5-3-9/h2-5H,6-8H2,1H3,(H2,13,14). The summed E-state index contributed by atoms with van der Waals surface area (Å²) in [6.07, 6.45) is 0. The van der Waals surface area contributed by atoms with Gasteiger partial charge in [0.15, 0.2) is 5.17 Å². The summed E-state index contributed by atoms with van der Waals surface area (Å²) < 4.78 is 4.88. The van der Waals surface area contributed by atoms with Gasteiger partial charge in [-0.3, -0.25) is 4.99 Å². The third kappa shape index (κ3) is 5.39. The first-order valence-electron chi connectivity index (χ1n) is 4.88. The van der Waals surface area contributed by atoms with E-state index in [4.69, 9.17) is 22.1 Å². The van der Waals surface area contributed by atoms with Gasteiger partial charge in [0, 0.05) is 17.9 Å². The summed E-state index contributed by atoms with van der Waals surface area (Å²) in [5, 5.41) is 1.34. The first-order valence-corrected chi connectivity index (χ1v) is 6.25. The number of benzene rings is 1. The fraction of sp³-hybridized carbons (Fsp3) is 0.364. The molecule has 0 heterocycles. The molecule has 0 atom stereocenters. The molecule has 16 heavy (non-hydrogen) atoms. The topological polar surface area (TPSA) is 47.6 Å². The van der Waals surface area contributed by atoms with Crippen LogP contribution in [0.2, 0.25) is 5.02 Å². The molecule has 0 spiro atoms. The predicted molar refractivity (Wildman–Crippen MR) is 71.1 cm³/mol. The monoisotopic (exact) mass is 258 g/mol. The number of halogens is 1. The zero-order valence-corrected chi connectivity index (χ0v) is 10.7. The average molecular weight is 259 g/mol. The number of amidine groups is 1. The molecule has 0 aliphatic heterocycles. The number of aliphatic imine (C=N–C) groups is 1. The molecule has 0 aliphatic carbocycles. The van der Waals surface area contributed by atoms with Gasteiger partial charge in [-0.05, 0) is 17.7 Å². The summed E-state index contributed by atoms with van der Waals surface area (Å²) >= 11 is 7.30. The molecule has 3 nitrogen and oxygen atoms in total. The maximum atomic E-state index is 5.79. The first kappa shape index (κ1) is 13.4. The predicted octanol–water partition coefficient (Wildman–Crippen LogP) is 2.53. The van der Waals surface area contributed by atoms with Gasteiger partial charge < -0.3 is 10.5 Å². The molecule has 0 radical (unpaired) electrons. The van der Waals surface area contributed by atoms with E-state index in [0.717, 1.165) is 10.8 Å². The molecule has 0 unspecified atom stereocenters. The summed E-state index contributed by atoms with van der Waals surface area (Å²) in [5.74, 6) is 0.805. The van der Waals surface area contributed by atoms with Gasteiger partial charge in [0.05, 0.1) is 13.2 Å². The Morgan fingerprint density at radius 3 is 2.75 bits per heavy atom. The summed E-state index contributed by atoms with van der Waals surface area (Å²) in [5.41, 5.74) is 6.90. The lowest BCUT2D eigenvalue weighted by molar-refractivity contribution is 0.208. The quantitative estimate of drug-likeness (QED) is 0.502. The molecular formula is C11H15ClN2OS. The number of hydrogen-bond acceptors (Lipinski definition) is 3. The maximum Gasteiger partial charge on any atom is 0.154 e. The molecule has 0 amide bonds. The van der Waals surface area contributed by atoms with Crippen molar-refractivity contribution in [2.24, 2.45) is 10.7 Å². The van der Waals surface area contributed by atoms with Crippen LogP contribution in [0.4, 0.5) is 0 Å². The third-order valence-electron chi connectivity index (χ3n) is 1.86. The van der Waals surface area contributed by atoms with Gasteiger partial charge in [-0.15, -0.1) is 0 Å². The number of rotatable bonds is 5. The lowest BCUT2D eigenvalue weighted by Gasteiger charge is -2.01. The Morgan fingerprint density at radius 1 is 1.44 bits per heavy atom. The minimum Gasteiger partial charge on any atom is -0.383 e. The van der Waals surface area contributed by atoms with E-state index >= 15 is 0 Å². The molecule has 1 rings (SSSR count). The van der Waals surface area contributed by atoms with E-state index in [1.165, 1.54) is 17.3 Å². The van der Waals surface area contributed by atoms with Crippen molar-refractivity contribution in [1.29, 1.82) is 0 Å². The van der Waals surface area contributed by atoms with Crippen molar-refractivity contribution in [2.75, 3.05) is 20.3 Å². The summed E-state index contributed by atoms with van der Waals surface area (Å²) in [4.78, 5) is 4.15. The van der Waals surface area contributed by atoms with Crippen LogP contribution in [0.3, 0.4) is 0 Å². The van der Waals surface area contributed by atoms with Crippen LogP contribution in [0.1, 0.15) is 5.56 Å². The molecule has 88 valence electrons. The summed E-state index contributed by atoms with van der Waals surface area (Å²) in [7, 11) is 1.65. The number of nitrogens with two attached hydrogens (primary N) is 1. The van der Waals surface area contributed by atoms with E-state index in [1.54, 1.807) is 7.11 Å². The lowest BCUT2D eigenvalue weighted by Crippen LogP contribution is -2.09. The van der Waals surface area contributed by atoms with E-state index in [0.29, 0.717) is 18.3 Å². The summed E-state index contributed by atoms with van der Waals surface area (Å²) in [6, 6.07) is 7.71. The second kappa shape index (κ2) is 7.54. The number of methoxy groups -OCH3 is 1. The molecule has 0 aromatic heterocycles. The Hall–Kier alpha value is -0.710. The lowest BCUT2D eigenvalue weighted by atomic mass is 10.2. The minimum atomic E-state index is 0.590. The Balaban J connectivity index is 2.33. The number of hydrogen-bond donors (Lipinski definition) is 1. The van der Waals surface area contributed by atoms with Crippen LogP contribution in [-0.4, -0.2) is 25.4 Å². The van der Waals surface area contributed by atoms with Crippen LogP contribution in [0, 0.1) is 0 Å². The first-order chi connectivity index (χ1) is 7.72. The highest BCUT2D eigenvalue weighted by Gasteiger charge is 1.97. The van der Waals surface area contributed by atoms with Crippen LogP contribution < -0.4 is 5.73 Å².